The molecule has 24 heavy (non-hydrogen) atoms. The molecule has 1 aliphatic heterocycles. The molecule has 2 aromatic carbocycles. The van der Waals surface area contributed by atoms with E-state index in [1.807, 2.05) is 42.5 Å². The van der Waals surface area contributed by atoms with Crippen LogP contribution in [0.3, 0.4) is 0 Å². The van der Waals surface area contributed by atoms with Crippen molar-refractivity contribution in [1.29, 1.82) is 0 Å². The highest BCUT2D eigenvalue weighted by molar-refractivity contribution is 5.85. The van der Waals surface area contributed by atoms with Gasteiger partial charge in [-0.2, -0.15) is 0 Å². The van der Waals surface area contributed by atoms with E-state index in [9.17, 15) is 4.39 Å². The monoisotopic (exact) mass is 350 g/mol. The van der Waals surface area contributed by atoms with E-state index < -0.39 is 0 Å². The summed E-state index contributed by atoms with van der Waals surface area (Å²) in [5.74, 6) is 1.63. The average molecular weight is 351 g/mol. The van der Waals surface area contributed by atoms with E-state index in [0.29, 0.717) is 6.42 Å². The van der Waals surface area contributed by atoms with Gasteiger partial charge in [-0.3, -0.25) is 9.29 Å². The first-order valence-corrected chi connectivity index (χ1v) is 8.20. The molecule has 0 radical (unpaired) electrons. The van der Waals surface area contributed by atoms with Crippen LogP contribution in [-0.2, 0) is 0 Å². The lowest BCUT2D eigenvalue weighted by molar-refractivity contribution is 0.157. The summed E-state index contributed by atoms with van der Waals surface area (Å²) in [6.45, 7) is 3.58. The zero-order chi connectivity index (χ0) is 15.9. The molecule has 0 aromatic heterocycles. The van der Waals surface area contributed by atoms with Crippen molar-refractivity contribution in [3.8, 4) is 11.5 Å². The van der Waals surface area contributed by atoms with Crippen LogP contribution in [0, 0.1) is 0 Å². The third-order valence-electron chi connectivity index (χ3n) is 4.22. The van der Waals surface area contributed by atoms with E-state index in [4.69, 9.17) is 4.74 Å². The SMILES string of the molecule is Cl.FCC[C@H](c1ccc(Oc2ccccc2)cc1)N1CCNCC1. The van der Waals surface area contributed by atoms with Crippen molar-refractivity contribution in [2.24, 2.45) is 0 Å². The van der Waals surface area contributed by atoms with Crippen LogP contribution >= 0.6 is 12.4 Å². The number of hydrogen-bond acceptors (Lipinski definition) is 3. The Bertz CT molecular complexity index is 588. The maximum atomic E-state index is 13.0. The fourth-order valence-corrected chi connectivity index (χ4v) is 3.04. The van der Waals surface area contributed by atoms with E-state index in [0.717, 1.165) is 43.2 Å². The van der Waals surface area contributed by atoms with Gasteiger partial charge in [0, 0.05) is 32.2 Å². The minimum absolute atomic E-state index is 0. The highest BCUT2D eigenvalue weighted by atomic mass is 35.5. The average Bonchev–Trinajstić information content (AvgIpc) is 2.62. The predicted octanol–water partition coefficient (Wildman–Crippen LogP) is 4.21. The van der Waals surface area contributed by atoms with Crippen LogP contribution in [0.4, 0.5) is 4.39 Å². The Labute approximate surface area is 149 Å². The van der Waals surface area contributed by atoms with Gasteiger partial charge in [0.15, 0.2) is 0 Å². The van der Waals surface area contributed by atoms with Crippen molar-refractivity contribution in [3.63, 3.8) is 0 Å². The quantitative estimate of drug-likeness (QED) is 0.844. The van der Waals surface area contributed by atoms with Crippen LogP contribution in [0.1, 0.15) is 18.0 Å². The Kier molecular flexibility index (Phi) is 7.50. The maximum absolute atomic E-state index is 13.0. The number of ether oxygens (including phenoxy) is 1. The van der Waals surface area contributed by atoms with Gasteiger partial charge in [0.05, 0.1) is 6.67 Å². The van der Waals surface area contributed by atoms with Gasteiger partial charge in [-0.1, -0.05) is 30.3 Å². The summed E-state index contributed by atoms with van der Waals surface area (Å²) in [4.78, 5) is 2.36. The minimum atomic E-state index is -0.295. The topological polar surface area (TPSA) is 24.5 Å². The molecule has 0 unspecified atom stereocenters. The van der Waals surface area contributed by atoms with Gasteiger partial charge in [-0.25, -0.2) is 0 Å². The largest absolute Gasteiger partial charge is 0.457 e. The molecule has 0 spiro atoms. The molecule has 1 aliphatic rings. The predicted molar refractivity (Wildman–Crippen MR) is 98.0 cm³/mol. The lowest BCUT2D eigenvalue weighted by Gasteiger charge is -2.35. The molecular formula is C19H24ClFN2O. The summed E-state index contributed by atoms with van der Waals surface area (Å²) in [6.07, 6.45) is 0.541. The Morgan fingerprint density at radius 3 is 2.21 bits per heavy atom. The van der Waals surface area contributed by atoms with Crippen molar-refractivity contribution in [2.45, 2.75) is 12.5 Å². The van der Waals surface area contributed by atoms with Crippen molar-refractivity contribution in [3.05, 3.63) is 60.2 Å². The molecule has 5 heteroatoms. The van der Waals surface area contributed by atoms with Gasteiger partial charge in [-0.15, -0.1) is 12.4 Å². The molecule has 0 aliphatic carbocycles. The van der Waals surface area contributed by atoms with Gasteiger partial charge in [-0.05, 0) is 36.2 Å². The molecule has 3 rings (SSSR count). The Balaban J connectivity index is 0.00000208. The van der Waals surface area contributed by atoms with Crippen molar-refractivity contribution >= 4 is 12.4 Å². The molecule has 1 fully saturated rings. The number of piperazine rings is 1. The Hall–Kier alpha value is -1.62. The molecule has 3 nitrogen and oxygen atoms in total. The number of alkyl halides is 1. The second-order valence-electron chi connectivity index (χ2n) is 5.76. The molecule has 1 atom stereocenters. The van der Waals surface area contributed by atoms with Crippen molar-refractivity contribution < 1.29 is 9.13 Å². The molecule has 0 saturated carbocycles. The second-order valence-corrected chi connectivity index (χ2v) is 5.76. The fourth-order valence-electron chi connectivity index (χ4n) is 3.04. The van der Waals surface area contributed by atoms with E-state index >= 15 is 0 Å². The van der Waals surface area contributed by atoms with Gasteiger partial charge < -0.3 is 10.1 Å². The van der Waals surface area contributed by atoms with Crippen LogP contribution in [0.25, 0.3) is 0 Å². The van der Waals surface area contributed by atoms with Gasteiger partial charge in [0.2, 0.25) is 0 Å². The van der Waals surface area contributed by atoms with Crippen LogP contribution in [0.15, 0.2) is 54.6 Å². The zero-order valence-corrected chi connectivity index (χ0v) is 14.5. The Morgan fingerprint density at radius 1 is 0.958 bits per heavy atom. The lowest BCUT2D eigenvalue weighted by atomic mass is 10.0. The number of para-hydroxylation sites is 1. The molecule has 2 aromatic rings. The number of hydrogen-bond donors (Lipinski definition) is 1. The first kappa shape index (κ1) is 18.7. The molecular weight excluding hydrogens is 327 g/mol. The minimum Gasteiger partial charge on any atom is -0.457 e. The summed E-state index contributed by atoms with van der Waals surface area (Å²) in [7, 11) is 0. The summed E-state index contributed by atoms with van der Waals surface area (Å²) in [5.41, 5.74) is 1.16. The summed E-state index contributed by atoms with van der Waals surface area (Å²) < 4.78 is 18.8. The van der Waals surface area contributed by atoms with Crippen molar-refractivity contribution in [2.75, 3.05) is 32.9 Å². The van der Waals surface area contributed by atoms with Crippen LogP contribution in [0.5, 0.6) is 11.5 Å². The number of nitrogens with zero attached hydrogens (tertiary/aromatic N) is 1. The number of halogens is 2. The second kappa shape index (κ2) is 9.62. The van der Waals surface area contributed by atoms with Crippen LogP contribution in [-0.4, -0.2) is 37.8 Å². The number of benzene rings is 2. The molecule has 1 heterocycles. The first-order valence-electron chi connectivity index (χ1n) is 8.20. The third-order valence-corrected chi connectivity index (χ3v) is 4.22. The molecule has 0 bridgehead atoms. The van der Waals surface area contributed by atoms with E-state index in [1.54, 1.807) is 0 Å². The summed E-state index contributed by atoms with van der Waals surface area (Å²) in [5, 5.41) is 3.34. The van der Waals surface area contributed by atoms with E-state index in [1.165, 1.54) is 0 Å². The van der Waals surface area contributed by atoms with Crippen LogP contribution in [0.2, 0.25) is 0 Å². The molecule has 1 N–H and O–H groups in total. The number of rotatable bonds is 6. The highest BCUT2D eigenvalue weighted by Crippen LogP contribution is 2.28. The van der Waals surface area contributed by atoms with E-state index in [-0.39, 0.29) is 25.1 Å². The standard InChI is InChI=1S/C19H23FN2O.ClH/c20-11-10-19(22-14-12-21-13-15-22)16-6-8-18(9-7-16)23-17-4-2-1-3-5-17;/h1-9,19,21H,10-15H2;1H/t19-;/m1./s1. The zero-order valence-electron chi connectivity index (χ0n) is 13.7. The summed E-state index contributed by atoms with van der Waals surface area (Å²) >= 11 is 0. The van der Waals surface area contributed by atoms with E-state index in [2.05, 4.69) is 22.3 Å². The normalized spacial score (nSPS) is 16.2. The first-order chi connectivity index (χ1) is 11.4. The van der Waals surface area contributed by atoms with Gasteiger partial charge in [0.25, 0.3) is 0 Å². The van der Waals surface area contributed by atoms with Crippen LogP contribution < -0.4 is 10.1 Å². The Morgan fingerprint density at radius 2 is 1.58 bits per heavy atom. The number of nitrogens with one attached hydrogen (secondary N) is 1. The maximum Gasteiger partial charge on any atom is 0.127 e. The molecule has 1 saturated heterocycles. The lowest BCUT2D eigenvalue weighted by Crippen LogP contribution is -2.45. The van der Waals surface area contributed by atoms with Gasteiger partial charge >= 0.3 is 0 Å². The fraction of sp³-hybridized carbons (Fsp3) is 0.368. The molecule has 130 valence electrons. The summed E-state index contributed by atoms with van der Waals surface area (Å²) in [6, 6.07) is 17.9. The van der Waals surface area contributed by atoms with Crippen molar-refractivity contribution in [1.82, 2.24) is 10.2 Å². The highest BCUT2D eigenvalue weighted by Gasteiger charge is 2.21. The van der Waals surface area contributed by atoms with Gasteiger partial charge in [0.1, 0.15) is 11.5 Å². The third kappa shape index (κ3) is 4.94. The molecule has 0 amide bonds. The smallest absolute Gasteiger partial charge is 0.127 e.